The molecule has 1 N–H and O–H groups in total. The number of methoxy groups -OCH3 is 1. The summed E-state index contributed by atoms with van der Waals surface area (Å²) in [6, 6.07) is 6.71. The lowest BCUT2D eigenvalue weighted by Crippen LogP contribution is -2.44. The first-order chi connectivity index (χ1) is 11.6. The van der Waals surface area contributed by atoms with E-state index in [0.717, 1.165) is 11.7 Å². The fraction of sp³-hybridized carbons (Fsp3) is 0.727. The Kier molecular flexibility index (Phi) is 4.15. The van der Waals surface area contributed by atoms with E-state index in [1.165, 1.54) is 50.5 Å². The molecule has 24 heavy (non-hydrogen) atoms. The number of hydrogen-bond acceptors (Lipinski definition) is 2. The third-order valence-corrected chi connectivity index (χ3v) is 7.71. The van der Waals surface area contributed by atoms with Crippen molar-refractivity contribution in [2.45, 2.75) is 70.8 Å². The SMILES string of the molecule is CCC[C@@H]1C[C@H]2[C@@H]3CCc4cc(OC)ccc4[C@H]3CC[C@]2(C)[C@H]1O. The third kappa shape index (κ3) is 2.33. The fourth-order valence-electron chi connectivity index (χ4n) is 6.48. The van der Waals surface area contributed by atoms with Gasteiger partial charge in [0.1, 0.15) is 5.75 Å². The maximum Gasteiger partial charge on any atom is 0.119 e. The molecule has 0 spiro atoms. The molecular formula is C22H32O2. The molecular weight excluding hydrogens is 296 g/mol. The quantitative estimate of drug-likeness (QED) is 0.851. The van der Waals surface area contributed by atoms with E-state index < -0.39 is 0 Å². The summed E-state index contributed by atoms with van der Waals surface area (Å²) in [7, 11) is 1.76. The van der Waals surface area contributed by atoms with Gasteiger partial charge in [0.05, 0.1) is 13.2 Å². The normalized spacial score (nSPS) is 40.6. The molecule has 4 rings (SSSR count). The minimum atomic E-state index is -0.0827. The summed E-state index contributed by atoms with van der Waals surface area (Å²) in [6.07, 6.45) is 8.45. The zero-order valence-electron chi connectivity index (χ0n) is 15.4. The van der Waals surface area contributed by atoms with Crippen molar-refractivity contribution in [1.29, 1.82) is 0 Å². The largest absolute Gasteiger partial charge is 0.497 e. The molecule has 2 fully saturated rings. The van der Waals surface area contributed by atoms with Crippen LogP contribution >= 0.6 is 0 Å². The van der Waals surface area contributed by atoms with Gasteiger partial charge in [0.25, 0.3) is 0 Å². The minimum absolute atomic E-state index is 0.0827. The molecule has 2 nitrogen and oxygen atoms in total. The molecule has 1 aromatic rings. The smallest absolute Gasteiger partial charge is 0.119 e. The zero-order chi connectivity index (χ0) is 16.9. The summed E-state index contributed by atoms with van der Waals surface area (Å²) >= 11 is 0. The Labute approximate surface area is 146 Å². The molecule has 6 atom stereocenters. The van der Waals surface area contributed by atoms with Crippen LogP contribution in [-0.2, 0) is 6.42 Å². The van der Waals surface area contributed by atoms with Gasteiger partial charge in [-0.15, -0.1) is 0 Å². The van der Waals surface area contributed by atoms with Crippen LogP contribution in [0.4, 0.5) is 0 Å². The second kappa shape index (κ2) is 6.05. The van der Waals surface area contributed by atoms with E-state index >= 15 is 0 Å². The highest BCUT2D eigenvalue weighted by atomic mass is 16.5. The number of rotatable bonds is 3. The molecule has 2 saturated carbocycles. The Morgan fingerprint density at radius 3 is 2.88 bits per heavy atom. The molecule has 3 aliphatic carbocycles. The van der Waals surface area contributed by atoms with Crippen molar-refractivity contribution in [3.8, 4) is 5.75 Å². The minimum Gasteiger partial charge on any atom is -0.497 e. The lowest BCUT2D eigenvalue weighted by Gasteiger charge is -2.50. The van der Waals surface area contributed by atoms with E-state index in [-0.39, 0.29) is 11.5 Å². The van der Waals surface area contributed by atoms with Gasteiger partial charge in [0.15, 0.2) is 0 Å². The van der Waals surface area contributed by atoms with Gasteiger partial charge in [-0.05, 0) is 90.9 Å². The monoisotopic (exact) mass is 328 g/mol. The van der Waals surface area contributed by atoms with Crippen molar-refractivity contribution in [3.05, 3.63) is 29.3 Å². The van der Waals surface area contributed by atoms with Crippen LogP contribution in [0.15, 0.2) is 18.2 Å². The summed E-state index contributed by atoms with van der Waals surface area (Å²) in [5.74, 6) is 3.69. The van der Waals surface area contributed by atoms with E-state index in [1.54, 1.807) is 12.7 Å². The second-order valence-corrected chi connectivity index (χ2v) is 8.75. The van der Waals surface area contributed by atoms with Crippen LogP contribution in [0, 0.1) is 23.2 Å². The summed E-state index contributed by atoms with van der Waals surface area (Å²) in [4.78, 5) is 0. The van der Waals surface area contributed by atoms with Gasteiger partial charge in [0, 0.05) is 0 Å². The first kappa shape index (κ1) is 16.4. The molecule has 0 amide bonds. The molecule has 2 heteroatoms. The van der Waals surface area contributed by atoms with Gasteiger partial charge >= 0.3 is 0 Å². The first-order valence-electron chi connectivity index (χ1n) is 9.93. The van der Waals surface area contributed by atoms with Crippen molar-refractivity contribution in [2.75, 3.05) is 7.11 Å². The Hall–Kier alpha value is -1.02. The van der Waals surface area contributed by atoms with E-state index in [0.29, 0.717) is 17.8 Å². The van der Waals surface area contributed by atoms with Crippen molar-refractivity contribution in [2.24, 2.45) is 23.2 Å². The molecule has 0 aromatic heterocycles. The van der Waals surface area contributed by atoms with Gasteiger partial charge in [0.2, 0.25) is 0 Å². The summed E-state index contributed by atoms with van der Waals surface area (Å²) in [5, 5.41) is 11.0. The molecule has 0 saturated heterocycles. The Balaban J connectivity index is 1.64. The Bertz CT molecular complexity index is 610. The number of benzene rings is 1. The maximum absolute atomic E-state index is 11.0. The number of aliphatic hydroxyl groups excluding tert-OH is 1. The van der Waals surface area contributed by atoms with E-state index in [1.807, 2.05) is 0 Å². The van der Waals surface area contributed by atoms with Crippen LogP contribution in [0.1, 0.15) is 69.4 Å². The molecule has 0 aliphatic heterocycles. The van der Waals surface area contributed by atoms with E-state index in [2.05, 4.69) is 32.0 Å². The van der Waals surface area contributed by atoms with Crippen molar-refractivity contribution >= 4 is 0 Å². The lowest BCUT2D eigenvalue weighted by molar-refractivity contribution is -0.0333. The number of aliphatic hydroxyl groups is 1. The first-order valence-corrected chi connectivity index (χ1v) is 9.93. The van der Waals surface area contributed by atoms with Gasteiger partial charge in [-0.2, -0.15) is 0 Å². The topological polar surface area (TPSA) is 29.5 Å². The highest BCUT2D eigenvalue weighted by molar-refractivity contribution is 5.40. The molecule has 0 unspecified atom stereocenters. The average Bonchev–Trinajstić information content (AvgIpc) is 2.86. The zero-order valence-corrected chi connectivity index (χ0v) is 15.4. The van der Waals surface area contributed by atoms with Crippen LogP contribution in [0.5, 0.6) is 5.75 Å². The summed E-state index contributed by atoms with van der Waals surface area (Å²) < 4.78 is 5.42. The molecule has 3 aliphatic rings. The van der Waals surface area contributed by atoms with Crippen molar-refractivity contribution in [3.63, 3.8) is 0 Å². The predicted octanol–water partition coefficient (Wildman–Crippen LogP) is 4.94. The van der Waals surface area contributed by atoms with Crippen molar-refractivity contribution < 1.29 is 9.84 Å². The maximum atomic E-state index is 11.0. The number of hydrogen-bond donors (Lipinski definition) is 1. The molecule has 0 bridgehead atoms. The third-order valence-electron chi connectivity index (χ3n) is 7.71. The van der Waals surface area contributed by atoms with Crippen LogP contribution in [0.2, 0.25) is 0 Å². The number of fused-ring (bicyclic) bond motifs is 5. The van der Waals surface area contributed by atoms with Gasteiger partial charge in [-0.3, -0.25) is 0 Å². The predicted molar refractivity (Wildman–Crippen MR) is 97.4 cm³/mol. The fourth-order valence-corrected chi connectivity index (χ4v) is 6.48. The average molecular weight is 328 g/mol. The van der Waals surface area contributed by atoms with Gasteiger partial charge < -0.3 is 9.84 Å². The van der Waals surface area contributed by atoms with E-state index in [9.17, 15) is 5.11 Å². The summed E-state index contributed by atoms with van der Waals surface area (Å²) in [5.41, 5.74) is 3.23. The van der Waals surface area contributed by atoms with Gasteiger partial charge in [-0.25, -0.2) is 0 Å². The number of aryl methyl sites for hydroxylation is 1. The molecule has 132 valence electrons. The van der Waals surface area contributed by atoms with Gasteiger partial charge in [-0.1, -0.05) is 26.3 Å². The molecule has 1 aromatic carbocycles. The second-order valence-electron chi connectivity index (χ2n) is 8.75. The lowest BCUT2D eigenvalue weighted by atomic mass is 9.55. The molecule has 0 radical (unpaired) electrons. The molecule has 0 heterocycles. The number of ether oxygens (including phenoxy) is 1. The van der Waals surface area contributed by atoms with Crippen LogP contribution in [-0.4, -0.2) is 18.3 Å². The highest BCUT2D eigenvalue weighted by Gasteiger charge is 2.57. The summed E-state index contributed by atoms with van der Waals surface area (Å²) in [6.45, 7) is 4.64. The van der Waals surface area contributed by atoms with Crippen LogP contribution < -0.4 is 4.74 Å². The highest BCUT2D eigenvalue weighted by Crippen LogP contribution is 2.62. The van der Waals surface area contributed by atoms with Crippen LogP contribution in [0.3, 0.4) is 0 Å². The van der Waals surface area contributed by atoms with E-state index in [4.69, 9.17) is 4.74 Å². The standard InChI is InChI=1S/C22H32O2/c1-4-5-15-13-20-19-8-6-14-12-16(24-3)7-9-17(14)18(19)10-11-22(20,2)21(15)23/h7,9,12,15,18-21,23H,4-6,8,10-11,13H2,1-3H3/t15-,18-,19-,20+,21+,22+/m1/s1. The Morgan fingerprint density at radius 2 is 2.12 bits per heavy atom. The van der Waals surface area contributed by atoms with Crippen LogP contribution in [0.25, 0.3) is 0 Å². The van der Waals surface area contributed by atoms with Crippen molar-refractivity contribution in [1.82, 2.24) is 0 Å². The Morgan fingerprint density at radius 1 is 1.29 bits per heavy atom.